The summed E-state index contributed by atoms with van der Waals surface area (Å²) in [6, 6.07) is 17.0. The molecule has 0 aliphatic carbocycles. The minimum absolute atomic E-state index is 0.167. The van der Waals surface area contributed by atoms with E-state index >= 15 is 0 Å². The molecule has 1 N–H and O–H groups in total. The number of carbonyl (C=O) groups excluding carboxylic acids is 1. The Kier molecular flexibility index (Phi) is 5.61. The van der Waals surface area contributed by atoms with Gasteiger partial charge in [0.2, 0.25) is 10.0 Å². The van der Waals surface area contributed by atoms with Crippen molar-refractivity contribution in [2.45, 2.75) is 25.7 Å². The van der Waals surface area contributed by atoms with E-state index in [1.807, 2.05) is 18.2 Å². The summed E-state index contributed by atoms with van der Waals surface area (Å²) in [4.78, 5) is 12.4. The SMILES string of the molecule is CC(CCNC(=O)c1cccc(N2CCCS2(=O)=O)c1)c1ccccc1. The van der Waals surface area contributed by atoms with Crippen molar-refractivity contribution in [1.29, 1.82) is 0 Å². The highest BCUT2D eigenvalue weighted by atomic mass is 32.2. The van der Waals surface area contributed by atoms with Crippen molar-refractivity contribution in [2.24, 2.45) is 0 Å². The average molecular weight is 372 g/mol. The van der Waals surface area contributed by atoms with Crippen LogP contribution in [0.25, 0.3) is 0 Å². The first-order valence-electron chi connectivity index (χ1n) is 8.91. The molecular weight excluding hydrogens is 348 g/mol. The second-order valence-corrected chi connectivity index (χ2v) is 8.66. The fraction of sp³-hybridized carbons (Fsp3) is 0.350. The van der Waals surface area contributed by atoms with Gasteiger partial charge in [0.1, 0.15) is 0 Å². The highest BCUT2D eigenvalue weighted by Crippen LogP contribution is 2.24. The Balaban J connectivity index is 1.59. The Hall–Kier alpha value is -2.34. The molecule has 1 aliphatic rings. The number of amides is 1. The van der Waals surface area contributed by atoms with Crippen molar-refractivity contribution in [2.75, 3.05) is 23.1 Å². The van der Waals surface area contributed by atoms with Crippen LogP contribution in [0, 0.1) is 0 Å². The van der Waals surface area contributed by atoms with Gasteiger partial charge in [0, 0.05) is 18.7 Å². The molecule has 1 heterocycles. The summed E-state index contributed by atoms with van der Waals surface area (Å²) in [5.74, 6) is 0.349. The molecule has 5 nitrogen and oxygen atoms in total. The zero-order valence-corrected chi connectivity index (χ0v) is 15.7. The van der Waals surface area contributed by atoms with Gasteiger partial charge in [-0.2, -0.15) is 0 Å². The summed E-state index contributed by atoms with van der Waals surface area (Å²) in [5, 5.41) is 2.93. The van der Waals surface area contributed by atoms with Gasteiger partial charge in [0.15, 0.2) is 0 Å². The highest BCUT2D eigenvalue weighted by Gasteiger charge is 2.28. The van der Waals surface area contributed by atoms with E-state index in [0.717, 1.165) is 6.42 Å². The van der Waals surface area contributed by atoms with E-state index in [0.29, 0.717) is 36.7 Å². The maximum absolute atomic E-state index is 12.4. The van der Waals surface area contributed by atoms with Gasteiger partial charge in [0.25, 0.3) is 5.91 Å². The van der Waals surface area contributed by atoms with Crippen LogP contribution in [0.3, 0.4) is 0 Å². The van der Waals surface area contributed by atoms with Crippen molar-refractivity contribution in [3.8, 4) is 0 Å². The standard InChI is InChI=1S/C20H24N2O3S/c1-16(17-7-3-2-4-8-17)11-12-21-20(23)18-9-5-10-19(15-18)22-13-6-14-26(22,24)25/h2-5,7-10,15-16H,6,11-14H2,1H3,(H,21,23). The molecule has 6 heteroatoms. The fourth-order valence-electron chi connectivity index (χ4n) is 3.18. The van der Waals surface area contributed by atoms with Crippen molar-refractivity contribution < 1.29 is 13.2 Å². The van der Waals surface area contributed by atoms with E-state index < -0.39 is 10.0 Å². The number of carbonyl (C=O) groups is 1. The van der Waals surface area contributed by atoms with Crippen molar-refractivity contribution in [3.63, 3.8) is 0 Å². The third-order valence-corrected chi connectivity index (χ3v) is 6.60. The third kappa shape index (κ3) is 4.25. The molecule has 1 aliphatic heterocycles. The first-order chi connectivity index (χ1) is 12.5. The number of hydrogen-bond acceptors (Lipinski definition) is 3. The van der Waals surface area contributed by atoms with E-state index in [1.54, 1.807) is 24.3 Å². The van der Waals surface area contributed by atoms with Crippen molar-refractivity contribution >= 4 is 21.6 Å². The summed E-state index contributed by atoms with van der Waals surface area (Å²) in [6.45, 7) is 3.18. The van der Waals surface area contributed by atoms with Gasteiger partial charge in [-0.15, -0.1) is 0 Å². The molecule has 1 fully saturated rings. The van der Waals surface area contributed by atoms with Crippen LogP contribution in [0.5, 0.6) is 0 Å². The van der Waals surface area contributed by atoms with Gasteiger partial charge in [-0.25, -0.2) is 8.42 Å². The van der Waals surface area contributed by atoms with Crippen molar-refractivity contribution in [1.82, 2.24) is 5.32 Å². The van der Waals surface area contributed by atoms with E-state index in [9.17, 15) is 13.2 Å². The molecule has 0 radical (unpaired) electrons. The lowest BCUT2D eigenvalue weighted by Gasteiger charge is -2.17. The zero-order chi connectivity index (χ0) is 18.6. The molecule has 26 heavy (non-hydrogen) atoms. The van der Waals surface area contributed by atoms with Gasteiger partial charge in [-0.3, -0.25) is 9.10 Å². The first-order valence-corrected chi connectivity index (χ1v) is 10.5. The minimum Gasteiger partial charge on any atom is -0.352 e. The molecule has 1 atom stereocenters. The van der Waals surface area contributed by atoms with Gasteiger partial charge >= 0.3 is 0 Å². The summed E-state index contributed by atoms with van der Waals surface area (Å²) in [5.41, 5.74) is 2.30. The van der Waals surface area contributed by atoms with E-state index in [2.05, 4.69) is 24.4 Å². The quantitative estimate of drug-likeness (QED) is 0.847. The molecule has 1 unspecified atom stereocenters. The van der Waals surface area contributed by atoms with Crippen molar-refractivity contribution in [3.05, 3.63) is 65.7 Å². The molecule has 0 saturated carbocycles. The number of nitrogens with one attached hydrogen (secondary N) is 1. The second kappa shape index (κ2) is 7.91. The summed E-state index contributed by atoms with van der Waals surface area (Å²) >= 11 is 0. The minimum atomic E-state index is -3.24. The third-order valence-electron chi connectivity index (χ3n) is 4.73. The lowest BCUT2D eigenvalue weighted by atomic mass is 9.98. The van der Waals surface area contributed by atoms with Crippen LogP contribution >= 0.6 is 0 Å². The largest absolute Gasteiger partial charge is 0.352 e. The second-order valence-electron chi connectivity index (χ2n) is 6.65. The number of sulfonamides is 1. The summed E-state index contributed by atoms with van der Waals surface area (Å²) in [7, 11) is -3.24. The summed E-state index contributed by atoms with van der Waals surface area (Å²) in [6.07, 6.45) is 1.46. The van der Waals surface area contributed by atoms with Gasteiger partial charge < -0.3 is 5.32 Å². The lowest BCUT2D eigenvalue weighted by Crippen LogP contribution is -2.27. The predicted octanol–water partition coefficient (Wildman–Crippen LogP) is 3.15. The topological polar surface area (TPSA) is 66.5 Å². The molecule has 1 amide bonds. The number of nitrogens with zero attached hydrogens (tertiary/aromatic N) is 1. The molecular formula is C20H24N2O3S. The molecule has 0 spiro atoms. The van der Waals surface area contributed by atoms with Crippen LogP contribution in [-0.4, -0.2) is 33.2 Å². The highest BCUT2D eigenvalue weighted by molar-refractivity contribution is 7.93. The van der Waals surface area contributed by atoms with E-state index in [-0.39, 0.29) is 11.7 Å². The Morgan fingerprint density at radius 3 is 2.62 bits per heavy atom. The zero-order valence-electron chi connectivity index (χ0n) is 14.9. The molecule has 0 bridgehead atoms. The van der Waals surface area contributed by atoms with Gasteiger partial charge in [-0.1, -0.05) is 43.3 Å². The fourth-order valence-corrected chi connectivity index (χ4v) is 4.74. The Morgan fingerprint density at radius 1 is 1.15 bits per heavy atom. The molecule has 3 rings (SSSR count). The monoisotopic (exact) mass is 372 g/mol. The van der Waals surface area contributed by atoms with Crippen LogP contribution < -0.4 is 9.62 Å². The number of hydrogen-bond donors (Lipinski definition) is 1. The predicted molar refractivity (Wildman–Crippen MR) is 104 cm³/mol. The molecule has 1 saturated heterocycles. The lowest BCUT2D eigenvalue weighted by molar-refractivity contribution is 0.0952. The average Bonchev–Trinajstić information content (AvgIpc) is 3.01. The Bertz CT molecular complexity index is 866. The van der Waals surface area contributed by atoms with Crippen LogP contribution in [0.2, 0.25) is 0 Å². The van der Waals surface area contributed by atoms with Crippen LogP contribution in [0.1, 0.15) is 41.6 Å². The maximum Gasteiger partial charge on any atom is 0.251 e. The normalized spacial score (nSPS) is 17.0. The van der Waals surface area contributed by atoms with Crippen LogP contribution in [0.4, 0.5) is 5.69 Å². The summed E-state index contributed by atoms with van der Waals surface area (Å²) < 4.78 is 25.5. The maximum atomic E-state index is 12.4. The smallest absolute Gasteiger partial charge is 0.251 e. The number of benzene rings is 2. The van der Waals surface area contributed by atoms with Crippen LogP contribution in [0.15, 0.2) is 54.6 Å². The van der Waals surface area contributed by atoms with Gasteiger partial charge in [0.05, 0.1) is 11.4 Å². The van der Waals surface area contributed by atoms with Crippen LogP contribution in [-0.2, 0) is 10.0 Å². The van der Waals surface area contributed by atoms with E-state index in [4.69, 9.17) is 0 Å². The Morgan fingerprint density at radius 2 is 1.92 bits per heavy atom. The molecule has 2 aromatic carbocycles. The molecule has 138 valence electrons. The Labute approximate surface area is 155 Å². The molecule has 0 aromatic heterocycles. The van der Waals surface area contributed by atoms with Gasteiger partial charge in [-0.05, 0) is 42.5 Å². The number of anilines is 1. The molecule has 2 aromatic rings. The number of rotatable bonds is 6. The first kappa shape index (κ1) is 18.5. The van der Waals surface area contributed by atoms with E-state index in [1.165, 1.54) is 9.87 Å².